The zero-order valence-electron chi connectivity index (χ0n) is 11.7. The van der Waals surface area contributed by atoms with Crippen molar-refractivity contribution in [2.24, 2.45) is 5.73 Å². The maximum atomic E-state index is 13.2. The number of nitrogens with zero attached hydrogens (tertiary/aromatic N) is 1. The fraction of sp³-hybridized carbons (Fsp3) is 0.500. The first-order chi connectivity index (χ1) is 9.81. The Morgan fingerprint density at radius 3 is 2.38 bits per heavy atom. The van der Waals surface area contributed by atoms with Gasteiger partial charge in [0.2, 0.25) is 0 Å². The molecule has 1 atom stereocenters. The van der Waals surface area contributed by atoms with E-state index in [2.05, 4.69) is 5.32 Å². The first-order valence-electron chi connectivity index (χ1n) is 6.81. The number of benzene rings is 1. The number of nitrogens with two attached hydrogens (primary N) is 1. The standard InChI is InChI=1S/C14H19F3N4/c1-2-9-3-5-10(6-4-9)12(14(15,16)17)20-11-7-21(8-11)13(18)19/h3-6,11-12,20H,2,7-8H2,1H3,(H3,18,19). The monoisotopic (exact) mass is 300 g/mol. The van der Waals surface area contributed by atoms with Crippen LogP contribution in [0.4, 0.5) is 13.2 Å². The quantitative estimate of drug-likeness (QED) is 0.589. The maximum Gasteiger partial charge on any atom is 0.407 e. The van der Waals surface area contributed by atoms with Crippen LogP contribution >= 0.6 is 0 Å². The van der Waals surface area contributed by atoms with Crippen LogP contribution in [0.2, 0.25) is 0 Å². The molecular weight excluding hydrogens is 281 g/mol. The summed E-state index contributed by atoms with van der Waals surface area (Å²) in [5.74, 6) is -0.107. The zero-order valence-corrected chi connectivity index (χ0v) is 11.7. The molecule has 1 saturated heterocycles. The number of rotatable bonds is 4. The van der Waals surface area contributed by atoms with Crippen LogP contribution < -0.4 is 11.1 Å². The van der Waals surface area contributed by atoms with Gasteiger partial charge < -0.3 is 10.6 Å². The highest BCUT2D eigenvalue weighted by Crippen LogP contribution is 2.33. The van der Waals surface area contributed by atoms with Crippen LogP contribution in [0.5, 0.6) is 0 Å². The van der Waals surface area contributed by atoms with Crippen LogP contribution in [0.15, 0.2) is 24.3 Å². The Labute approximate surface area is 121 Å². The second kappa shape index (κ2) is 5.93. The Kier molecular flexibility index (Phi) is 4.41. The molecule has 4 N–H and O–H groups in total. The third kappa shape index (κ3) is 3.66. The fourth-order valence-electron chi connectivity index (χ4n) is 2.34. The van der Waals surface area contributed by atoms with E-state index < -0.39 is 12.2 Å². The predicted octanol–water partition coefficient (Wildman–Crippen LogP) is 2.02. The van der Waals surface area contributed by atoms with Crippen molar-refractivity contribution in [3.63, 3.8) is 0 Å². The Balaban J connectivity index is 2.07. The summed E-state index contributed by atoms with van der Waals surface area (Å²) in [7, 11) is 0. The summed E-state index contributed by atoms with van der Waals surface area (Å²) < 4.78 is 39.7. The molecule has 0 spiro atoms. The fourth-order valence-corrected chi connectivity index (χ4v) is 2.34. The highest BCUT2D eigenvalue weighted by atomic mass is 19.4. The minimum absolute atomic E-state index is 0.107. The molecule has 0 aliphatic carbocycles. The average molecular weight is 300 g/mol. The van der Waals surface area contributed by atoms with E-state index in [0.29, 0.717) is 13.1 Å². The van der Waals surface area contributed by atoms with Crippen LogP contribution in [0.3, 0.4) is 0 Å². The van der Waals surface area contributed by atoms with E-state index in [1.165, 1.54) is 17.0 Å². The molecular formula is C14H19F3N4. The molecule has 1 heterocycles. The van der Waals surface area contributed by atoms with Crippen molar-refractivity contribution in [1.29, 1.82) is 5.41 Å². The molecule has 0 bridgehead atoms. The third-order valence-corrected chi connectivity index (χ3v) is 3.67. The highest BCUT2D eigenvalue weighted by Gasteiger charge is 2.43. The van der Waals surface area contributed by atoms with Crippen molar-refractivity contribution < 1.29 is 13.2 Å². The molecule has 1 fully saturated rings. The van der Waals surface area contributed by atoms with E-state index in [1.54, 1.807) is 12.1 Å². The van der Waals surface area contributed by atoms with Crippen molar-refractivity contribution in [3.05, 3.63) is 35.4 Å². The lowest BCUT2D eigenvalue weighted by molar-refractivity contribution is -0.161. The van der Waals surface area contributed by atoms with Crippen LogP contribution in [-0.4, -0.2) is 36.2 Å². The van der Waals surface area contributed by atoms with Gasteiger partial charge in [-0.05, 0) is 17.5 Å². The number of alkyl halides is 3. The first-order valence-corrected chi connectivity index (χ1v) is 6.81. The van der Waals surface area contributed by atoms with Gasteiger partial charge in [-0.2, -0.15) is 13.2 Å². The molecule has 21 heavy (non-hydrogen) atoms. The van der Waals surface area contributed by atoms with Gasteiger partial charge in [-0.1, -0.05) is 31.2 Å². The van der Waals surface area contributed by atoms with Gasteiger partial charge in [0, 0.05) is 19.1 Å². The number of likely N-dealkylation sites (tertiary alicyclic amines) is 1. The number of aryl methyl sites for hydroxylation is 1. The van der Waals surface area contributed by atoms with Crippen LogP contribution in [0.1, 0.15) is 24.1 Å². The zero-order chi connectivity index (χ0) is 15.6. The average Bonchev–Trinajstić information content (AvgIpc) is 2.35. The molecule has 1 unspecified atom stereocenters. The van der Waals surface area contributed by atoms with Gasteiger partial charge in [-0.3, -0.25) is 10.7 Å². The molecule has 0 amide bonds. The summed E-state index contributed by atoms with van der Waals surface area (Å²) in [6.07, 6.45) is -3.56. The summed E-state index contributed by atoms with van der Waals surface area (Å²) in [4.78, 5) is 1.52. The van der Waals surface area contributed by atoms with Crippen molar-refractivity contribution >= 4 is 5.96 Å². The normalized spacial score (nSPS) is 17.4. The number of hydrogen-bond donors (Lipinski definition) is 3. The second-order valence-corrected chi connectivity index (χ2v) is 5.22. The predicted molar refractivity (Wildman–Crippen MR) is 75.0 cm³/mol. The lowest BCUT2D eigenvalue weighted by Crippen LogP contribution is -2.62. The molecule has 0 saturated carbocycles. The summed E-state index contributed by atoms with van der Waals surface area (Å²) in [5.41, 5.74) is 6.49. The van der Waals surface area contributed by atoms with E-state index in [-0.39, 0.29) is 17.6 Å². The number of hydrogen-bond acceptors (Lipinski definition) is 2. The Morgan fingerprint density at radius 1 is 1.38 bits per heavy atom. The Hall–Kier alpha value is -1.76. The SMILES string of the molecule is CCc1ccc(C(NC2CN(C(=N)N)C2)C(F)(F)F)cc1. The molecule has 1 aliphatic rings. The van der Waals surface area contributed by atoms with Crippen molar-refractivity contribution in [3.8, 4) is 0 Å². The maximum absolute atomic E-state index is 13.2. The van der Waals surface area contributed by atoms with Gasteiger partial charge in [0.1, 0.15) is 6.04 Å². The van der Waals surface area contributed by atoms with Crippen LogP contribution in [0.25, 0.3) is 0 Å². The van der Waals surface area contributed by atoms with Crippen molar-refractivity contribution in [1.82, 2.24) is 10.2 Å². The van der Waals surface area contributed by atoms with Gasteiger partial charge in [-0.25, -0.2) is 0 Å². The van der Waals surface area contributed by atoms with Crippen LogP contribution in [-0.2, 0) is 6.42 Å². The summed E-state index contributed by atoms with van der Waals surface area (Å²) >= 11 is 0. The van der Waals surface area contributed by atoms with Gasteiger partial charge in [-0.15, -0.1) is 0 Å². The molecule has 116 valence electrons. The van der Waals surface area contributed by atoms with Gasteiger partial charge in [0.15, 0.2) is 5.96 Å². The molecule has 1 aromatic rings. The smallest absolute Gasteiger partial charge is 0.370 e. The second-order valence-electron chi connectivity index (χ2n) is 5.22. The minimum Gasteiger partial charge on any atom is -0.370 e. The topological polar surface area (TPSA) is 65.1 Å². The molecule has 0 radical (unpaired) electrons. The molecule has 1 aliphatic heterocycles. The Morgan fingerprint density at radius 2 is 1.95 bits per heavy atom. The van der Waals surface area contributed by atoms with Crippen molar-refractivity contribution in [2.45, 2.75) is 31.6 Å². The van der Waals surface area contributed by atoms with Crippen molar-refractivity contribution in [2.75, 3.05) is 13.1 Å². The van der Waals surface area contributed by atoms with Crippen LogP contribution in [0, 0.1) is 5.41 Å². The summed E-state index contributed by atoms with van der Waals surface area (Å²) in [6.45, 7) is 2.61. The largest absolute Gasteiger partial charge is 0.407 e. The molecule has 4 nitrogen and oxygen atoms in total. The van der Waals surface area contributed by atoms with E-state index in [4.69, 9.17) is 11.1 Å². The number of nitrogens with one attached hydrogen (secondary N) is 2. The highest BCUT2D eigenvalue weighted by molar-refractivity contribution is 5.75. The summed E-state index contributed by atoms with van der Waals surface area (Å²) in [5, 5.41) is 9.82. The van der Waals surface area contributed by atoms with Gasteiger partial charge >= 0.3 is 6.18 Å². The van der Waals surface area contributed by atoms with E-state index >= 15 is 0 Å². The lowest BCUT2D eigenvalue weighted by atomic mass is 10.0. The van der Waals surface area contributed by atoms with Gasteiger partial charge in [0.05, 0.1) is 0 Å². The molecule has 7 heteroatoms. The molecule has 1 aromatic carbocycles. The molecule has 0 aromatic heterocycles. The lowest BCUT2D eigenvalue weighted by Gasteiger charge is -2.42. The van der Waals surface area contributed by atoms with E-state index in [9.17, 15) is 13.2 Å². The van der Waals surface area contributed by atoms with E-state index in [0.717, 1.165) is 12.0 Å². The number of guanidine groups is 1. The third-order valence-electron chi connectivity index (χ3n) is 3.67. The first kappa shape index (κ1) is 15.6. The summed E-state index contributed by atoms with van der Waals surface area (Å²) in [6, 6.07) is 4.47. The molecule has 2 rings (SSSR count). The van der Waals surface area contributed by atoms with Gasteiger partial charge in [0.25, 0.3) is 0 Å². The Bertz CT molecular complexity index is 492. The van der Waals surface area contributed by atoms with E-state index in [1.807, 2.05) is 6.92 Å². The number of halogens is 3. The minimum atomic E-state index is -4.36.